The topological polar surface area (TPSA) is 44.4 Å². The lowest BCUT2D eigenvalue weighted by Crippen LogP contribution is -2.57. The van der Waals surface area contributed by atoms with Crippen LogP contribution in [0.4, 0.5) is 0 Å². The maximum absolute atomic E-state index is 12.1. The molecule has 2 N–H and O–H groups in total. The average Bonchev–Trinajstić information content (AvgIpc) is 2.69. The smallest absolute Gasteiger partial charge is 0.238 e. The molecule has 19 heavy (non-hydrogen) atoms. The van der Waals surface area contributed by atoms with Crippen LogP contribution in [0.3, 0.4) is 0 Å². The molecule has 1 saturated heterocycles. The van der Waals surface area contributed by atoms with E-state index in [0.717, 1.165) is 30.7 Å². The van der Waals surface area contributed by atoms with Crippen molar-refractivity contribution in [2.45, 2.75) is 26.4 Å². The summed E-state index contributed by atoms with van der Waals surface area (Å²) in [7, 11) is 0. The van der Waals surface area contributed by atoms with Crippen LogP contribution in [-0.4, -0.2) is 43.0 Å². The van der Waals surface area contributed by atoms with Crippen molar-refractivity contribution in [1.82, 2.24) is 15.5 Å². The van der Waals surface area contributed by atoms with Gasteiger partial charge in [0.1, 0.15) is 6.04 Å². The summed E-state index contributed by atoms with van der Waals surface area (Å²) >= 11 is 5.34. The molecule has 106 valence electrons. The Morgan fingerprint density at radius 1 is 1.68 bits per heavy atom. The molecule has 2 rings (SSSR count). The molecule has 0 saturated carbocycles. The maximum Gasteiger partial charge on any atom is 0.238 e. The summed E-state index contributed by atoms with van der Waals surface area (Å²) in [6, 6.07) is 2.10. The van der Waals surface area contributed by atoms with Gasteiger partial charge in [0.15, 0.2) is 0 Å². The van der Waals surface area contributed by atoms with Crippen LogP contribution >= 0.6 is 27.3 Å². The van der Waals surface area contributed by atoms with Gasteiger partial charge in [0.25, 0.3) is 0 Å². The fraction of sp³-hybridized carbons (Fsp3) is 0.615. The van der Waals surface area contributed by atoms with Crippen LogP contribution in [0.5, 0.6) is 0 Å². The van der Waals surface area contributed by atoms with Gasteiger partial charge in [0, 0.05) is 47.0 Å². The lowest BCUT2D eigenvalue weighted by Gasteiger charge is -2.34. The SMILES string of the molecule is CCNC(=O)C1CNCCN1Cc1cc(Br)c(C)s1. The summed E-state index contributed by atoms with van der Waals surface area (Å²) in [5.41, 5.74) is 0. The normalized spacial score (nSPS) is 20.5. The minimum Gasteiger partial charge on any atom is -0.355 e. The zero-order valence-electron chi connectivity index (χ0n) is 11.3. The van der Waals surface area contributed by atoms with Crippen molar-refractivity contribution in [3.8, 4) is 0 Å². The molecule has 0 bridgehead atoms. The summed E-state index contributed by atoms with van der Waals surface area (Å²) in [5.74, 6) is 0.127. The van der Waals surface area contributed by atoms with Gasteiger partial charge in [-0.05, 0) is 35.8 Å². The van der Waals surface area contributed by atoms with Gasteiger partial charge in [-0.2, -0.15) is 0 Å². The molecule has 0 radical (unpaired) electrons. The van der Waals surface area contributed by atoms with Crippen molar-refractivity contribution in [3.05, 3.63) is 20.3 Å². The van der Waals surface area contributed by atoms with Crippen molar-refractivity contribution in [2.24, 2.45) is 0 Å². The summed E-state index contributed by atoms with van der Waals surface area (Å²) in [5, 5.41) is 6.22. The molecular formula is C13H20BrN3OS. The average molecular weight is 346 g/mol. The Hall–Kier alpha value is -0.430. The molecule has 1 aromatic heterocycles. The molecule has 0 spiro atoms. The first-order chi connectivity index (χ1) is 9.11. The third-order valence-corrected chi connectivity index (χ3v) is 5.40. The molecule has 1 aliphatic heterocycles. The van der Waals surface area contributed by atoms with Crippen LogP contribution in [-0.2, 0) is 11.3 Å². The van der Waals surface area contributed by atoms with E-state index in [2.05, 4.69) is 44.5 Å². The predicted molar refractivity (Wildman–Crippen MR) is 82.5 cm³/mol. The van der Waals surface area contributed by atoms with Crippen LogP contribution in [0.1, 0.15) is 16.7 Å². The van der Waals surface area contributed by atoms with Crippen molar-refractivity contribution >= 4 is 33.2 Å². The number of nitrogens with one attached hydrogen (secondary N) is 2. The molecule has 0 aromatic carbocycles. The van der Waals surface area contributed by atoms with E-state index in [1.165, 1.54) is 9.75 Å². The Kier molecular flexibility index (Phi) is 5.38. The number of rotatable bonds is 4. The molecule has 1 amide bonds. The number of amides is 1. The lowest BCUT2D eigenvalue weighted by atomic mass is 10.1. The minimum absolute atomic E-state index is 0.0603. The van der Waals surface area contributed by atoms with Crippen LogP contribution in [0.15, 0.2) is 10.5 Å². The van der Waals surface area contributed by atoms with Gasteiger partial charge in [-0.1, -0.05) is 0 Å². The van der Waals surface area contributed by atoms with Crippen molar-refractivity contribution < 1.29 is 4.79 Å². The molecular weight excluding hydrogens is 326 g/mol. The van der Waals surface area contributed by atoms with E-state index in [4.69, 9.17) is 0 Å². The number of carbonyl (C=O) groups excluding carboxylic acids is 1. The van der Waals surface area contributed by atoms with Gasteiger partial charge < -0.3 is 10.6 Å². The fourth-order valence-corrected chi connectivity index (χ4v) is 3.91. The highest BCUT2D eigenvalue weighted by Gasteiger charge is 2.28. The highest BCUT2D eigenvalue weighted by Crippen LogP contribution is 2.27. The number of hydrogen-bond donors (Lipinski definition) is 2. The van der Waals surface area contributed by atoms with Gasteiger partial charge in [0.2, 0.25) is 5.91 Å². The molecule has 1 aliphatic rings. The van der Waals surface area contributed by atoms with Crippen molar-refractivity contribution in [2.75, 3.05) is 26.2 Å². The molecule has 1 fully saturated rings. The molecule has 1 unspecified atom stereocenters. The number of nitrogens with zero attached hydrogens (tertiary/aromatic N) is 1. The van der Waals surface area contributed by atoms with Crippen LogP contribution in [0.25, 0.3) is 0 Å². The van der Waals surface area contributed by atoms with Gasteiger partial charge >= 0.3 is 0 Å². The van der Waals surface area contributed by atoms with Crippen LogP contribution in [0, 0.1) is 6.92 Å². The zero-order valence-corrected chi connectivity index (χ0v) is 13.7. The number of thiophene rings is 1. The maximum atomic E-state index is 12.1. The van der Waals surface area contributed by atoms with Gasteiger partial charge in [-0.15, -0.1) is 11.3 Å². The first-order valence-corrected chi connectivity index (χ1v) is 8.20. The number of halogens is 1. The van der Waals surface area contributed by atoms with Crippen molar-refractivity contribution in [3.63, 3.8) is 0 Å². The predicted octanol–water partition coefficient (Wildman–Crippen LogP) is 1.73. The second-order valence-electron chi connectivity index (χ2n) is 4.70. The third kappa shape index (κ3) is 3.78. The quantitative estimate of drug-likeness (QED) is 0.873. The summed E-state index contributed by atoms with van der Waals surface area (Å²) in [4.78, 5) is 16.9. The summed E-state index contributed by atoms with van der Waals surface area (Å²) in [6.07, 6.45) is 0. The van der Waals surface area contributed by atoms with E-state index < -0.39 is 0 Å². The monoisotopic (exact) mass is 345 g/mol. The number of aryl methyl sites for hydroxylation is 1. The summed E-state index contributed by atoms with van der Waals surface area (Å²) in [6.45, 7) is 8.19. The Bertz CT molecular complexity index is 430. The Labute approximate surface area is 126 Å². The van der Waals surface area contributed by atoms with Crippen LogP contribution < -0.4 is 10.6 Å². The second kappa shape index (κ2) is 6.83. The Morgan fingerprint density at radius 2 is 2.47 bits per heavy atom. The van der Waals surface area contributed by atoms with E-state index >= 15 is 0 Å². The van der Waals surface area contributed by atoms with Gasteiger partial charge in [0.05, 0.1) is 0 Å². The Balaban J connectivity index is 2.05. The minimum atomic E-state index is -0.0603. The van der Waals surface area contributed by atoms with E-state index in [0.29, 0.717) is 6.54 Å². The molecule has 0 aliphatic carbocycles. The molecule has 1 atom stereocenters. The van der Waals surface area contributed by atoms with Gasteiger partial charge in [-0.3, -0.25) is 9.69 Å². The highest BCUT2D eigenvalue weighted by atomic mass is 79.9. The van der Waals surface area contributed by atoms with E-state index in [-0.39, 0.29) is 11.9 Å². The third-order valence-electron chi connectivity index (χ3n) is 3.28. The summed E-state index contributed by atoms with van der Waals surface area (Å²) < 4.78 is 1.16. The lowest BCUT2D eigenvalue weighted by molar-refractivity contribution is -0.127. The first-order valence-electron chi connectivity index (χ1n) is 6.59. The van der Waals surface area contributed by atoms with Gasteiger partial charge in [-0.25, -0.2) is 0 Å². The molecule has 6 heteroatoms. The largest absolute Gasteiger partial charge is 0.355 e. The van der Waals surface area contributed by atoms with E-state index in [1.807, 2.05) is 6.92 Å². The number of likely N-dealkylation sites (N-methyl/N-ethyl adjacent to an activating group) is 1. The zero-order chi connectivity index (χ0) is 13.8. The Morgan fingerprint density at radius 3 is 3.11 bits per heavy atom. The first kappa shape index (κ1) is 15.0. The fourth-order valence-electron chi connectivity index (χ4n) is 2.28. The van der Waals surface area contributed by atoms with Crippen LogP contribution in [0.2, 0.25) is 0 Å². The van der Waals surface area contributed by atoms with Crippen molar-refractivity contribution in [1.29, 1.82) is 0 Å². The van der Waals surface area contributed by atoms with E-state index in [1.54, 1.807) is 11.3 Å². The van der Waals surface area contributed by atoms with E-state index in [9.17, 15) is 4.79 Å². The highest BCUT2D eigenvalue weighted by molar-refractivity contribution is 9.10. The molecule has 1 aromatic rings. The number of hydrogen-bond acceptors (Lipinski definition) is 4. The number of carbonyl (C=O) groups is 1. The molecule has 4 nitrogen and oxygen atoms in total. The standard InChI is InChI=1S/C13H20BrN3OS/c1-3-16-13(18)12-7-15-4-5-17(12)8-10-6-11(14)9(2)19-10/h6,12,15H,3-5,7-8H2,1-2H3,(H,16,18). The number of piperazine rings is 1. The second-order valence-corrected chi connectivity index (χ2v) is 6.90. The molecule has 2 heterocycles.